The average molecular weight is 385 g/mol. The molecular weight excluding hydrogens is 360 g/mol. The fraction of sp³-hybridized carbons (Fsp3) is 0.250. The van der Waals surface area contributed by atoms with Crippen molar-refractivity contribution in [2.75, 3.05) is 13.1 Å². The van der Waals surface area contributed by atoms with Gasteiger partial charge < -0.3 is 11.1 Å². The van der Waals surface area contributed by atoms with Crippen LogP contribution in [-0.2, 0) is 10.0 Å². The van der Waals surface area contributed by atoms with Crippen molar-refractivity contribution in [2.45, 2.75) is 23.9 Å². The first kappa shape index (κ1) is 19.4. The van der Waals surface area contributed by atoms with Gasteiger partial charge in [0.2, 0.25) is 10.0 Å². The number of benzene rings is 2. The Labute approximate surface area is 159 Å². The lowest BCUT2D eigenvalue weighted by Crippen LogP contribution is -2.41. The SMILES string of the molecule is C[C@H](CNC[C@H](N)c1ccccc1)NS(=O)(=O)c1ccc2cnccc2c1. The van der Waals surface area contributed by atoms with E-state index in [1.165, 1.54) is 0 Å². The third kappa shape index (κ3) is 5.11. The molecule has 0 saturated carbocycles. The molecule has 4 N–H and O–H groups in total. The molecule has 1 heterocycles. The average Bonchev–Trinajstić information content (AvgIpc) is 2.67. The lowest BCUT2D eigenvalue weighted by Gasteiger charge is -2.18. The third-order valence-corrected chi connectivity index (χ3v) is 5.91. The molecule has 1 aromatic heterocycles. The van der Waals surface area contributed by atoms with Gasteiger partial charge in [0.25, 0.3) is 0 Å². The fourth-order valence-corrected chi connectivity index (χ4v) is 4.16. The van der Waals surface area contributed by atoms with Gasteiger partial charge in [0, 0.05) is 43.0 Å². The minimum atomic E-state index is -3.60. The normalized spacial score (nSPS) is 14.1. The number of nitrogens with zero attached hydrogens (tertiary/aromatic N) is 1. The summed E-state index contributed by atoms with van der Waals surface area (Å²) in [7, 11) is -3.60. The Morgan fingerprint density at radius 2 is 1.81 bits per heavy atom. The van der Waals surface area contributed by atoms with Gasteiger partial charge in [-0.15, -0.1) is 0 Å². The van der Waals surface area contributed by atoms with E-state index in [0.29, 0.717) is 13.1 Å². The molecule has 3 aromatic rings. The van der Waals surface area contributed by atoms with Crippen molar-refractivity contribution in [1.82, 2.24) is 15.0 Å². The Morgan fingerprint density at radius 1 is 1.04 bits per heavy atom. The predicted octanol–water partition coefficient (Wildman–Crippen LogP) is 2.19. The van der Waals surface area contributed by atoms with E-state index in [-0.39, 0.29) is 17.0 Å². The first-order valence-corrected chi connectivity index (χ1v) is 10.3. The van der Waals surface area contributed by atoms with Crippen LogP contribution in [0.15, 0.2) is 71.9 Å². The summed E-state index contributed by atoms with van der Waals surface area (Å²) in [5.41, 5.74) is 7.19. The molecule has 6 nitrogen and oxygen atoms in total. The number of rotatable bonds is 8. The minimum Gasteiger partial charge on any atom is -0.323 e. The van der Waals surface area contributed by atoms with Gasteiger partial charge in [-0.1, -0.05) is 36.4 Å². The van der Waals surface area contributed by atoms with E-state index >= 15 is 0 Å². The van der Waals surface area contributed by atoms with E-state index in [1.54, 1.807) is 36.7 Å². The van der Waals surface area contributed by atoms with Crippen LogP contribution in [0.1, 0.15) is 18.5 Å². The molecule has 0 aliphatic heterocycles. The molecule has 27 heavy (non-hydrogen) atoms. The fourth-order valence-electron chi connectivity index (χ4n) is 2.88. The van der Waals surface area contributed by atoms with Crippen LogP contribution in [0.2, 0.25) is 0 Å². The van der Waals surface area contributed by atoms with Gasteiger partial charge in [0.1, 0.15) is 0 Å². The topological polar surface area (TPSA) is 97.1 Å². The highest BCUT2D eigenvalue weighted by Gasteiger charge is 2.18. The molecule has 7 heteroatoms. The highest BCUT2D eigenvalue weighted by Crippen LogP contribution is 2.18. The zero-order valence-electron chi connectivity index (χ0n) is 15.2. The van der Waals surface area contributed by atoms with Crippen LogP contribution < -0.4 is 15.8 Å². The zero-order valence-corrected chi connectivity index (χ0v) is 16.0. The number of pyridine rings is 1. The number of aromatic nitrogens is 1. The lowest BCUT2D eigenvalue weighted by molar-refractivity contribution is 0.520. The third-order valence-electron chi connectivity index (χ3n) is 4.32. The molecule has 0 aliphatic rings. The second kappa shape index (κ2) is 8.58. The summed E-state index contributed by atoms with van der Waals surface area (Å²) in [4.78, 5) is 4.28. The molecule has 0 saturated heterocycles. The Kier molecular flexibility index (Phi) is 6.18. The van der Waals surface area contributed by atoms with Crippen molar-refractivity contribution in [2.24, 2.45) is 5.73 Å². The van der Waals surface area contributed by atoms with Gasteiger partial charge in [-0.05, 0) is 36.1 Å². The number of nitrogens with two attached hydrogens (primary N) is 1. The monoisotopic (exact) mass is 384 g/mol. The summed E-state index contributed by atoms with van der Waals surface area (Å²) in [6.07, 6.45) is 3.36. The van der Waals surface area contributed by atoms with Gasteiger partial charge in [0.05, 0.1) is 4.90 Å². The quantitative estimate of drug-likeness (QED) is 0.553. The van der Waals surface area contributed by atoms with Crippen molar-refractivity contribution < 1.29 is 8.42 Å². The molecule has 0 aliphatic carbocycles. The summed E-state index contributed by atoms with van der Waals surface area (Å²) in [6, 6.07) is 16.2. The summed E-state index contributed by atoms with van der Waals surface area (Å²) >= 11 is 0. The molecule has 0 amide bonds. The van der Waals surface area contributed by atoms with Gasteiger partial charge in [-0.2, -0.15) is 0 Å². The molecule has 3 rings (SSSR count). The van der Waals surface area contributed by atoms with Crippen LogP contribution >= 0.6 is 0 Å². The van der Waals surface area contributed by atoms with Crippen LogP contribution in [-0.4, -0.2) is 32.5 Å². The number of hydrogen-bond donors (Lipinski definition) is 3. The second-order valence-electron chi connectivity index (χ2n) is 6.58. The van der Waals surface area contributed by atoms with Crippen molar-refractivity contribution in [1.29, 1.82) is 0 Å². The highest BCUT2D eigenvalue weighted by molar-refractivity contribution is 7.89. The summed E-state index contributed by atoms with van der Waals surface area (Å²) < 4.78 is 28.0. The number of sulfonamides is 1. The smallest absolute Gasteiger partial charge is 0.240 e. The summed E-state index contributed by atoms with van der Waals surface area (Å²) in [5, 5.41) is 4.97. The van der Waals surface area contributed by atoms with Gasteiger partial charge in [-0.3, -0.25) is 4.98 Å². The van der Waals surface area contributed by atoms with E-state index in [4.69, 9.17) is 5.73 Å². The van der Waals surface area contributed by atoms with Crippen LogP contribution in [0.4, 0.5) is 0 Å². The first-order chi connectivity index (χ1) is 13.0. The molecule has 0 unspecified atom stereocenters. The molecule has 0 spiro atoms. The lowest BCUT2D eigenvalue weighted by atomic mass is 10.1. The standard InChI is InChI=1S/C20H24N4O2S/c1-15(12-23-14-20(21)16-5-3-2-4-6-16)24-27(25,26)19-8-7-18-13-22-10-9-17(18)11-19/h2-11,13,15,20,23-24H,12,14,21H2,1H3/t15-,20+/m1/s1. The first-order valence-electron chi connectivity index (χ1n) is 8.83. The van der Waals surface area contributed by atoms with Crippen molar-refractivity contribution in [3.63, 3.8) is 0 Å². The Balaban J connectivity index is 1.56. The van der Waals surface area contributed by atoms with Gasteiger partial charge in [-0.25, -0.2) is 13.1 Å². The van der Waals surface area contributed by atoms with Crippen LogP contribution in [0.25, 0.3) is 10.8 Å². The number of hydrogen-bond acceptors (Lipinski definition) is 5. The van der Waals surface area contributed by atoms with Crippen LogP contribution in [0.3, 0.4) is 0 Å². The predicted molar refractivity (Wildman–Crippen MR) is 108 cm³/mol. The molecule has 0 fully saturated rings. The van der Waals surface area contributed by atoms with Crippen LogP contribution in [0.5, 0.6) is 0 Å². The Bertz CT molecular complexity index is 993. The zero-order chi connectivity index (χ0) is 19.3. The number of nitrogens with one attached hydrogen (secondary N) is 2. The van der Waals surface area contributed by atoms with Crippen molar-refractivity contribution in [3.8, 4) is 0 Å². The van der Waals surface area contributed by atoms with E-state index in [9.17, 15) is 8.42 Å². The van der Waals surface area contributed by atoms with Crippen molar-refractivity contribution in [3.05, 3.63) is 72.6 Å². The summed E-state index contributed by atoms with van der Waals surface area (Å²) in [5.74, 6) is 0. The van der Waals surface area contributed by atoms with Crippen LogP contribution in [0, 0.1) is 0 Å². The summed E-state index contributed by atoms with van der Waals surface area (Å²) in [6.45, 7) is 2.87. The van der Waals surface area contributed by atoms with Gasteiger partial charge >= 0.3 is 0 Å². The molecule has 2 aromatic carbocycles. The largest absolute Gasteiger partial charge is 0.323 e. The Morgan fingerprint density at radius 3 is 2.59 bits per heavy atom. The number of fused-ring (bicyclic) bond motifs is 1. The Hall–Kier alpha value is -2.32. The van der Waals surface area contributed by atoms with E-state index in [1.807, 2.05) is 37.3 Å². The molecule has 0 bridgehead atoms. The minimum absolute atomic E-state index is 0.135. The molecule has 142 valence electrons. The van der Waals surface area contributed by atoms with Crippen molar-refractivity contribution >= 4 is 20.8 Å². The highest BCUT2D eigenvalue weighted by atomic mass is 32.2. The molecule has 2 atom stereocenters. The maximum Gasteiger partial charge on any atom is 0.240 e. The van der Waals surface area contributed by atoms with Gasteiger partial charge in [0.15, 0.2) is 0 Å². The van der Waals surface area contributed by atoms with E-state index < -0.39 is 10.0 Å². The molecular formula is C20H24N4O2S. The van der Waals surface area contributed by atoms with E-state index in [0.717, 1.165) is 16.3 Å². The second-order valence-corrected chi connectivity index (χ2v) is 8.30. The van der Waals surface area contributed by atoms with E-state index in [2.05, 4.69) is 15.0 Å². The maximum atomic E-state index is 12.6. The maximum absolute atomic E-state index is 12.6. The molecule has 0 radical (unpaired) electrons.